The number of carbonyl (C=O) groups is 1. The van der Waals surface area contributed by atoms with Crippen LogP contribution in [0.4, 0.5) is 4.39 Å². The van der Waals surface area contributed by atoms with Gasteiger partial charge in [-0.15, -0.1) is 0 Å². The first kappa shape index (κ1) is 20.0. The Morgan fingerprint density at radius 3 is 2.41 bits per heavy atom. The molecule has 1 aliphatic rings. The van der Waals surface area contributed by atoms with Crippen molar-refractivity contribution in [3.8, 4) is 0 Å². The van der Waals surface area contributed by atoms with Gasteiger partial charge in [0.15, 0.2) is 0 Å². The molecule has 3 rings (SSSR count). The number of carbonyl (C=O) groups excluding carboxylic acids is 1. The Morgan fingerprint density at radius 2 is 1.74 bits per heavy atom. The molecule has 0 radical (unpaired) electrons. The molecule has 1 fully saturated rings. The summed E-state index contributed by atoms with van der Waals surface area (Å²) < 4.78 is 40.6. The third kappa shape index (κ3) is 4.75. The van der Waals surface area contributed by atoms with Crippen molar-refractivity contribution in [2.24, 2.45) is 0 Å². The van der Waals surface area contributed by atoms with E-state index in [1.165, 1.54) is 16.4 Å². The first-order valence-electron chi connectivity index (χ1n) is 8.70. The Morgan fingerprint density at radius 1 is 1.07 bits per heavy atom. The number of hydrogen-bond donors (Lipinski definition) is 1. The Balaban J connectivity index is 1.65. The van der Waals surface area contributed by atoms with Gasteiger partial charge in [-0.1, -0.05) is 18.6 Å². The van der Waals surface area contributed by atoms with Crippen LogP contribution in [-0.4, -0.2) is 31.7 Å². The Bertz CT molecular complexity index is 926. The van der Waals surface area contributed by atoms with Gasteiger partial charge in [0.1, 0.15) is 5.82 Å². The van der Waals surface area contributed by atoms with Crippen molar-refractivity contribution in [2.75, 3.05) is 13.1 Å². The summed E-state index contributed by atoms with van der Waals surface area (Å²) in [6.45, 7) is 1.33. The number of piperidine rings is 1. The molecular weight excluding hydrogens is 435 g/mol. The summed E-state index contributed by atoms with van der Waals surface area (Å²) >= 11 is 3.23. The van der Waals surface area contributed by atoms with E-state index in [1.54, 1.807) is 24.3 Å². The second-order valence-corrected chi connectivity index (χ2v) is 9.21. The molecule has 5 nitrogen and oxygen atoms in total. The molecular formula is C19H20BrFN2O3S. The van der Waals surface area contributed by atoms with Gasteiger partial charge in [-0.3, -0.25) is 4.79 Å². The predicted octanol–water partition coefficient (Wildman–Crippen LogP) is 3.69. The zero-order valence-corrected chi connectivity index (χ0v) is 17.0. The lowest BCUT2D eigenvalue weighted by atomic mass is 10.2. The quantitative estimate of drug-likeness (QED) is 0.748. The second-order valence-electron chi connectivity index (χ2n) is 6.42. The fraction of sp³-hybridized carbons (Fsp3) is 0.316. The third-order valence-corrected chi connectivity index (χ3v) is 7.11. The maximum Gasteiger partial charge on any atom is 0.252 e. The van der Waals surface area contributed by atoms with Crippen molar-refractivity contribution >= 4 is 31.9 Å². The molecule has 1 heterocycles. The van der Waals surface area contributed by atoms with Crippen LogP contribution in [0, 0.1) is 5.82 Å². The first-order chi connectivity index (χ1) is 12.9. The van der Waals surface area contributed by atoms with E-state index in [9.17, 15) is 17.6 Å². The van der Waals surface area contributed by atoms with E-state index in [0.717, 1.165) is 30.9 Å². The van der Waals surface area contributed by atoms with Crippen LogP contribution < -0.4 is 5.32 Å². The lowest BCUT2D eigenvalue weighted by Gasteiger charge is -2.25. The summed E-state index contributed by atoms with van der Waals surface area (Å²) in [6.07, 6.45) is 2.84. The predicted molar refractivity (Wildman–Crippen MR) is 104 cm³/mol. The number of hydrogen-bond acceptors (Lipinski definition) is 3. The molecule has 27 heavy (non-hydrogen) atoms. The Labute approximate surface area is 166 Å². The van der Waals surface area contributed by atoms with Gasteiger partial charge in [-0.05, 0) is 64.7 Å². The van der Waals surface area contributed by atoms with E-state index in [1.807, 2.05) is 0 Å². The van der Waals surface area contributed by atoms with Crippen LogP contribution in [0.5, 0.6) is 0 Å². The van der Waals surface area contributed by atoms with Crippen LogP contribution in [0.2, 0.25) is 0 Å². The van der Waals surface area contributed by atoms with Crippen LogP contribution in [0.3, 0.4) is 0 Å². The van der Waals surface area contributed by atoms with Crippen molar-refractivity contribution in [3.05, 3.63) is 63.9 Å². The summed E-state index contributed by atoms with van der Waals surface area (Å²) in [5.74, 6) is -0.901. The minimum Gasteiger partial charge on any atom is -0.348 e. The molecule has 0 aromatic heterocycles. The lowest BCUT2D eigenvalue weighted by molar-refractivity contribution is 0.0949. The van der Waals surface area contributed by atoms with E-state index in [2.05, 4.69) is 21.2 Å². The van der Waals surface area contributed by atoms with E-state index in [0.29, 0.717) is 17.6 Å². The van der Waals surface area contributed by atoms with Crippen LogP contribution in [0.1, 0.15) is 35.2 Å². The van der Waals surface area contributed by atoms with Crippen molar-refractivity contribution < 1.29 is 17.6 Å². The standard InChI is InChI=1S/C19H20BrFN2O3S/c20-18-9-6-15(21)12-17(18)19(24)22-13-14-4-7-16(8-5-14)27(25,26)23-10-2-1-3-11-23/h4-9,12H,1-3,10-11,13H2,(H,22,24). The summed E-state index contributed by atoms with van der Waals surface area (Å²) in [7, 11) is -3.47. The number of nitrogens with zero attached hydrogens (tertiary/aromatic N) is 1. The molecule has 144 valence electrons. The molecule has 1 aliphatic heterocycles. The number of rotatable bonds is 5. The van der Waals surface area contributed by atoms with Crippen LogP contribution in [-0.2, 0) is 16.6 Å². The molecule has 8 heteroatoms. The topological polar surface area (TPSA) is 66.5 Å². The first-order valence-corrected chi connectivity index (χ1v) is 10.9. The molecule has 0 spiro atoms. The van der Waals surface area contributed by atoms with E-state index in [4.69, 9.17) is 0 Å². The average molecular weight is 455 g/mol. The highest BCUT2D eigenvalue weighted by atomic mass is 79.9. The summed E-state index contributed by atoms with van der Waals surface area (Å²) in [5, 5.41) is 2.71. The molecule has 1 N–H and O–H groups in total. The average Bonchev–Trinajstić information content (AvgIpc) is 2.69. The van der Waals surface area contributed by atoms with Crippen molar-refractivity contribution in [2.45, 2.75) is 30.7 Å². The highest BCUT2D eigenvalue weighted by Gasteiger charge is 2.25. The smallest absolute Gasteiger partial charge is 0.252 e. The Hall–Kier alpha value is -1.77. The largest absolute Gasteiger partial charge is 0.348 e. The second kappa shape index (κ2) is 8.50. The zero-order chi connectivity index (χ0) is 19.4. The summed E-state index contributed by atoms with van der Waals surface area (Å²) in [4.78, 5) is 12.5. The minimum atomic E-state index is -3.47. The Kier molecular flexibility index (Phi) is 6.29. The van der Waals surface area contributed by atoms with Gasteiger partial charge >= 0.3 is 0 Å². The minimum absolute atomic E-state index is 0.208. The van der Waals surface area contributed by atoms with Gasteiger partial charge in [0.2, 0.25) is 10.0 Å². The molecule has 0 saturated carbocycles. The van der Waals surface area contributed by atoms with Crippen LogP contribution in [0.15, 0.2) is 51.8 Å². The normalized spacial score (nSPS) is 15.5. The van der Waals surface area contributed by atoms with Gasteiger partial charge in [0.05, 0.1) is 10.5 Å². The van der Waals surface area contributed by atoms with E-state index in [-0.39, 0.29) is 17.0 Å². The maximum atomic E-state index is 13.3. The number of sulfonamides is 1. The third-order valence-electron chi connectivity index (χ3n) is 4.50. The van der Waals surface area contributed by atoms with E-state index < -0.39 is 21.7 Å². The molecule has 0 bridgehead atoms. The summed E-state index contributed by atoms with van der Waals surface area (Å²) in [6, 6.07) is 10.4. The fourth-order valence-corrected chi connectivity index (χ4v) is 4.93. The van der Waals surface area contributed by atoms with Crippen molar-refractivity contribution in [1.29, 1.82) is 0 Å². The van der Waals surface area contributed by atoms with Crippen LogP contribution in [0.25, 0.3) is 0 Å². The van der Waals surface area contributed by atoms with Crippen LogP contribution >= 0.6 is 15.9 Å². The van der Waals surface area contributed by atoms with Crippen molar-refractivity contribution in [1.82, 2.24) is 9.62 Å². The zero-order valence-electron chi connectivity index (χ0n) is 14.6. The van der Waals surface area contributed by atoms with Gasteiger partial charge in [-0.25, -0.2) is 12.8 Å². The number of halogens is 2. The van der Waals surface area contributed by atoms with Gasteiger partial charge in [-0.2, -0.15) is 4.31 Å². The lowest BCUT2D eigenvalue weighted by Crippen LogP contribution is -2.35. The molecule has 1 saturated heterocycles. The molecule has 0 unspecified atom stereocenters. The number of benzene rings is 2. The van der Waals surface area contributed by atoms with Gasteiger partial charge in [0.25, 0.3) is 5.91 Å². The summed E-state index contributed by atoms with van der Waals surface area (Å²) in [5.41, 5.74) is 0.966. The van der Waals surface area contributed by atoms with E-state index >= 15 is 0 Å². The highest BCUT2D eigenvalue weighted by Crippen LogP contribution is 2.21. The highest BCUT2D eigenvalue weighted by molar-refractivity contribution is 9.10. The molecule has 0 atom stereocenters. The molecule has 0 aliphatic carbocycles. The van der Waals surface area contributed by atoms with Crippen molar-refractivity contribution in [3.63, 3.8) is 0 Å². The fourth-order valence-electron chi connectivity index (χ4n) is 2.98. The number of nitrogens with one attached hydrogen (secondary N) is 1. The maximum absolute atomic E-state index is 13.3. The van der Waals surface area contributed by atoms with Gasteiger partial charge in [0, 0.05) is 24.1 Å². The molecule has 2 aromatic rings. The molecule has 1 amide bonds. The monoisotopic (exact) mass is 454 g/mol. The van der Waals surface area contributed by atoms with Gasteiger partial charge < -0.3 is 5.32 Å². The number of amides is 1. The SMILES string of the molecule is O=C(NCc1ccc(S(=O)(=O)N2CCCCC2)cc1)c1cc(F)ccc1Br. The molecule has 2 aromatic carbocycles.